The molecule has 0 spiro atoms. The van der Waals surface area contributed by atoms with Gasteiger partial charge in [0.05, 0.1) is 0 Å². The summed E-state index contributed by atoms with van der Waals surface area (Å²) in [4.78, 5) is 0. The van der Waals surface area contributed by atoms with E-state index in [1.54, 1.807) is 6.92 Å². The first-order valence-corrected chi connectivity index (χ1v) is 13.1. The van der Waals surface area contributed by atoms with Gasteiger partial charge in [-0.3, -0.25) is 4.55 Å². The summed E-state index contributed by atoms with van der Waals surface area (Å²) in [6, 6.07) is 6.41. The lowest BCUT2D eigenvalue weighted by atomic mass is 10.00. The molecule has 29 heavy (non-hydrogen) atoms. The van der Waals surface area contributed by atoms with Crippen molar-refractivity contribution in [3.63, 3.8) is 0 Å². The average molecular weight is 427 g/mol. The molecule has 1 atom stereocenters. The molecule has 1 unspecified atom stereocenters. The van der Waals surface area contributed by atoms with Gasteiger partial charge in [0.1, 0.15) is 17.6 Å². The highest BCUT2D eigenvalue weighted by atomic mass is 32.2. The smallest absolute Gasteiger partial charge is 0.271 e. The predicted octanol–water partition coefficient (Wildman–Crippen LogP) is 6.76. The van der Waals surface area contributed by atoms with E-state index in [9.17, 15) is 13.0 Å². The van der Waals surface area contributed by atoms with Crippen LogP contribution < -0.4 is 4.74 Å². The van der Waals surface area contributed by atoms with Crippen LogP contribution in [0.25, 0.3) is 0 Å². The lowest BCUT2D eigenvalue weighted by Crippen LogP contribution is -2.27. The maximum Gasteiger partial charge on any atom is 0.271 e. The summed E-state index contributed by atoms with van der Waals surface area (Å²) < 4.78 is 38.3. The fourth-order valence-corrected chi connectivity index (χ4v) is 4.21. The van der Waals surface area contributed by atoms with E-state index < -0.39 is 15.4 Å². The minimum absolute atomic E-state index is 0.00186. The zero-order valence-electron chi connectivity index (χ0n) is 18.8. The van der Waals surface area contributed by atoms with Crippen LogP contribution in [0, 0.1) is 0 Å². The van der Waals surface area contributed by atoms with Gasteiger partial charge in [0.2, 0.25) is 0 Å². The van der Waals surface area contributed by atoms with Crippen molar-refractivity contribution in [2.24, 2.45) is 0 Å². The molecular weight excluding hydrogens is 384 g/mol. The first-order valence-electron chi connectivity index (χ1n) is 11.6. The third-order valence-electron chi connectivity index (χ3n) is 5.55. The molecule has 0 radical (unpaired) electrons. The van der Waals surface area contributed by atoms with Crippen LogP contribution in [0.15, 0.2) is 18.2 Å². The van der Waals surface area contributed by atoms with Crippen molar-refractivity contribution in [2.45, 2.75) is 109 Å². The second-order valence-corrected chi connectivity index (χ2v) is 9.82. The molecule has 1 aromatic carbocycles. The molecule has 0 aliphatic carbocycles. The Labute approximate surface area is 179 Å². The molecule has 168 valence electrons. The van der Waals surface area contributed by atoms with Gasteiger partial charge in [-0.25, -0.2) is 0 Å². The number of benzene rings is 1. The van der Waals surface area contributed by atoms with Gasteiger partial charge < -0.3 is 4.74 Å². The highest BCUT2D eigenvalue weighted by Crippen LogP contribution is 2.25. The third kappa shape index (κ3) is 11.0. The molecular formula is C24H42O4S. The van der Waals surface area contributed by atoms with Gasteiger partial charge in [-0.15, -0.1) is 0 Å². The Balaban J connectivity index is 2.76. The second-order valence-electron chi connectivity index (χ2n) is 8.13. The van der Waals surface area contributed by atoms with Crippen LogP contribution >= 0.6 is 0 Å². The molecule has 0 saturated carbocycles. The molecule has 0 saturated heterocycles. The van der Waals surface area contributed by atoms with E-state index in [0.717, 1.165) is 30.6 Å². The quantitative estimate of drug-likeness (QED) is 0.221. The number of hydrogen-bond acceptors (Lipinski definition) is 3. The summed E-state index contributed by atoms with van der Waals surface area (Å²) in [5.41, 5.74) is 2.38. The Morgan fingerprint density at radius 3 is 2.00 bits per heavy atom. The third-order valence-corrected chi connectivity index (χ3v) is 6.86. The summed E-state index contributed by atoms with van der Waals surface area (Å²) in [5, 5.41) is -0.877. The highest BCUT2D eigenvalue weighted by molar-refractivity contribution is 7.86. The molecule has 0 aromatic heterocycles. The summed E-state index contributed by atoms with van der Waals surface area (Å²) >= 11 is 0. The van der Waals surface area contributed by atoms with Gasteiger partial charge in [0, 0.05) is 0 Å². The van der Waals surface area contributed by atoms with E-state index in [1.807, 2.05) is 0 Å². The summed E-state index contributed by atoms with van der Waals surface area (Å²) in [5.74, 6) is 0.786. The molecule has 1 rings (SSSR count). The zero-order chi connectivity index (χ0) is 21.5. The van der Waals surface area contributed by atoms with Crippen molar-refractivity contribution >= 4 is 10.1 Å². The fourth-order valence-electron chi connectivity index (χ4n) is 3.54. The molecule has 1 N–H and O–H groups in total. The van der Waals surface area contributed by atoms with Gasteiger partial charge in [-0.05, 0) is 49.3 Å². The maximum absolute atomic E-state index is 11.5. The summed E-state index contributed by atoms with van der Waals surface area (Å²) in [6.07, 6.45) is 14.6. The van der Waals surface area contributed by atoms with Gasteiger partial charge >= 0.3 is 0 Å². The average Bonchev–Trinajstić information content (AvgIpc) is 2.68. The van der Waals surface area contributed by atoms with Crippen molar-refractivity contribution in [1.82, 2.24) is 0 Å². The van der Waals surface area contributed by atoms with E-state index in [2.05, 4.69) is 32.0 Å². The number of aryl methyl sites for hydroxylation is 2. The van der Waals surface area contributed by atoms with E-state index in [1.165, 1.54) is 63.4 Å². The van der Waals surface area contributed by atoms with E-state index in [0.29, 0.717) is 6.42 Å². The van der Waals surface area contributed by atoms with Gasteiger partial charge in [0.15, 0.2) is 0 Å². The van der Waals surface area contributed by atoms with Crippen LogP contribution in [0.4, 0.5) is 0 Å². The van der Waals surface area contributed by atoms with Crippen molar-refractivity contribution in [1.29, 1.82) is 0 Å². The van der Waals surface area contributed by atoms with Gasteiger partial charge in [0.25, 0.3) is 10.1 Å². The first-order chi connectivity index (χ1) is 13.9. The van der Waals surface area contributed by atoms with E-state index in [4.69, 9.17) is 4.74 Å². The van der Waals surface area contributed by atoms with Crippen LogP contribution in [0.3, 0.4) is 0 Å². The normalized spacial score (nSPS) is 12.8. The number of rotatable bonds is 17. The van der Waals surface area contributed by atoms with E-state index >= 15 is 0 Å². The van der Waals surface area contributed by atoms with Crippen LogP contribution in [0.1, 0.15) is 103 Å². The van der Waals surface area contributed by atoms with Crippen molar-refractivity contribution < 1.29 is 17.7 Å². The molecule has 0 bridgehead atoms. The largest absolute Gasteiger partial charge is 0.492 e. The number of ether oxygens (including phenoxy) is 1. The van der Waals surface area contributed by atoms with Crippen molar-refractivity contribution in [3.8, 4) is 5.75 Å². The molecule has 0 amide bonds. The Morgan fingerprint density at radius 1 is 0.862 bits per heavy atom. The zero-order valence-corrected chi connectivity index (χ0v) is 19.6. The summed E-state index contributed by atoms with van der Waals surface area (Å²) in [7, 11) is -4.08. The van der Waals surface area contributed by atoms with E-state index in [-0.39, 0.29) is 6.61 Å². The molecule has 0 aliphatic rings. The minimum atomic E-state index is -4.08. The Bertz CT molecular complexity index is 655. The molecule has 1 aromatic rings. The Hall–Kier alpha value is -1.07. The van der Waals surface area contributed by atoms with Crippen molar-refractivity contribution in [3.05, 3.63) is 29.3 Å². The second kappa shape index (κ2) is 14.8. The SMILES string of the molecule is CCCCCCCc1ccc(CCCCCCC)c(OCC(CC)S(=O)(=O)O)c1. The van der Waals surface area contributed by atoms with Crippen molar-refractivity contribution in [2.75, 3.05) is 6.61 Å². The lowest BCUT2D eigenvalue weighted by molar-refractivity contribution is 0.299. The predicted molar refractivity (Wildman–Crippen MR) is 122 cm³/mol. The number of unbranched alkanes of at least 4 members (excludes halogenated alkanes) is 8. The van der Waals surface area contributed by atoms with Gasteiger partial charge in [-0.1, -0.05) is 84.3 Å². The van der Waals surface area contributed by atoms with Crippen LogP contribution in [-0.2, 0) is 23.0 Å². The van der Waals surface area contributed by atoms with Gasteiger partial charge in [-0.2, -0.15) is 8.42 Å². The van der Waals surface area contributed by atoms with Crippen LogP contribution in [-0.4, -0.2) is 24.8 Å². The molecule has 0 fully saturated rings. The minimum Gasteiger partial charge on any atom is -0.492 e. The monoisotopic (exact) mass is 426 g/mol. The Kier molecular flexibility index (Phi) is 13.3. The molecule has 0 heterocycles. The van der Waals surface area contributed by atoms with Crippen LogP contribution in [0.5, 0.6) is 5.75 Å². The standard InChI is InChI=1S/C24H42O4S/c1-4-7-9-11-13-15-21-17-18-22(16-14-12-10-8-5-2)24(19-21)28-20-23(6-3)29(25,26)27/h17-19,23H,4-16,20H2,1-3H3,(H,25,26,27). The van der Waals surface area contributed by atoms with Crippen LogP contribution in [0.2, 0.25) is 0 Å². The lowest BCUT2D eigenvalue weighted by Gasteiger charge is -2.17. The fraction of sp³-hybridized carbons (Fsp3) is 0.750. The molecule has 4 nitrogen and oxygen atoms in total. The topological polar surface area (TPSA) is 63.6 Å². The maximum atomic E-state index is 11.5. The highest BCUT2D eigenvalue weighted by Gasteiger charge is 2.22. The summed E-state index contributed by atoms with van der Waals surface area (Å²) in [6.45, 7) is 6.19. The number of hydrogen-bond donors (Lipinski definition) is 1. The Morgan fingerprint density at radius 2 is 1.45 bits per heavy atom. The first kappa shape index (κ1) is 26.0. The molecule has 0 aliphatic heterocycles. The molecule has 5 heteroatoms.